The lowest BCUT2D eigenvalue weighted by Crippen LogP contribution is -2.36. The van der Waals surface area contributed by atoms with Crippen LogP contribution in [0.3, 0.4) is 0 Å². The minimum atomic E-state index is -0.206. The molecule has 0 bridgehead atoms. The fraction of sp³-hybridized carbons (Fsp3) is 0.846. The van der Waals surface area contributed by atoms with Gasteiger partial charge in [0, 0.05) is 12.0 Å². The standard InChI is InChI=1S/C13H23N3O3/c1-13(2,3)14-6-4-5-11-15-16-12(19-11)10-9-17-7-8-18-10/h10,14H,4-9H2,1-3H3. The molecule has 1 N–H and O–H groups in total. The molecule has 0 aromatic carbocycles. The van der Waals surface area contributed by atoms with Gasteiger partial charge in [-0.25, -0.2) is 0 Å². The summed E-state index contributed by atoms with van der Waals surface area (Å²) < 4.78 is 16.4. The Labute approximate surface area is 113 Å². The van der Waals surface area contributed by atoms with E-state index < -0.39 is 0 Å². The normalized spacial score (nSPS) is 20.7. The number of hydrogen-bond acceptors (Lipinski definition) is 6. The summed E-state index contributed by atoms with van der Waals surface area (Å²) in [5, 5.41) is 11.5. The van der Waals surface area contributed by atoms with Crippen LogP contribution in [0.2, 0.25) is 0 Å². The van der Waals surface area contributed by atoms with E-state index in [0.717, 1.165) is 19.4 Å². The molecule has 2 rings (SSSR count). The molecule has 1 atom stereocenters. The lowest BCUT2D eigenvalue weighted by molar-refractivity contribution is -0.0999. The average Bonchev–Trinajstić information content (AvgIpc) is 2.83. The van der Waals surface area contributed by atoms with Crippen molar-refractivity contribution in [3.05, 3.63) is 11.8 Å². The minimum Gasteiger partial charge on any atom is -0.422 e. The smallest absolute Gasteiger partial charge is 0.247 e. The third kappa shape index (κ3) is 4.89. The highest BCUT2D eigenvalue weighted by Crippen LogP contribution is 2.19. The van der Waals surface area contributed by atoms with Crippen LogP contribution in [0.5, 0.6) is 0 Å². The summed E-state index contributed by atoms with van der Waals surface area (Å²) in [4.78, 5) is 0. The van der Waals surface area contributed by atoms with Crippen molar-refractivity contribution in [1.82, 2.24) is 15.5 Å². The Morgan fingerprint density at radius 3 is 2.79 bits per heavy atom. The van der Waals surface area contributed by atoms with Gasteiger partial charge >= 0.3 is 0 Å². The predicted molar refractivity (Wildman–Crippen MR) is 69.9 cm³/mol. The van der Waals surface area contributed by atoms with Crippen molar-refractivity contribution in [3.63, 3.8) is 0 Å². The van der Waals surface area contributed by atoms with Crippen LogP contribution in [-0.4, -0.2) is 42.1 Å². The van der Waals surface area contributed by atoms with Crippen molar-refractivity contribution in [3.8, 4) is 0 Å². The first kappa shape index (κ1) is 14.4. The maximum atomic E-state index is 5.60. The summed E-state index contributed by atoms with van der Waals surface area (Å²) in [6.45, 7) is 9.10. The van der Waals surface area contributed by atoms with Crippen LogP contribution in [-0.2, 0) is 15.9 Å². The molecule has 0 amide bonds. The summed E-state index contributed by atoms with van der Waals surface area (Å²) in [6, 6.07) is 0. The van der Waals surface area contributed by atoms with Gasteiger partial charge in [-0.2, -0.15) is 0 Å². The monoisotopic (exact) mass is 269 g/mol. The fourth-order valence-electron chi connectivity index (χ4n) is 1.83. The van der Waals surface area contributed by atoms with Gasteiger partial charge in [-0.1, -0.05) is 0 Å². The van der Waals surface area contributed by atoms with Gasteiger partial charge in [-0.15, -0.1) is 10.2 Å². The Hall–Kier alpha value is -0.980. The third-order valence-electron chi connectivity index (χ3n) is 2.80. The second-order valence-electron chi connectivity index (χ2n) is 5.75. The van der Waals surface area contributed by atoms with Gasteiger partial charge in [0.1, 0.15) is 0 Å². The molecule has 1 aromatic heterocycles. The van der Waals surface area contributed by atoms with Crippen LogP contribution < -0.4 is 5.32 Å². The highest BCUT2D eigenvalue weighted by atomic mass is 16.6. The molecular formula is C13H23N3O3. The van der Waals surface area contributed by atoms with Crippen molar-refractivity contribution in [2.45, 2.75) is 45.3 Å². The SMILES string of the molecule is CC(C)(C)NCCCc1nnc(C2COCCO2)o1. The van der Waals surface area contributed by atoms with E-state index in [1.54, 1.807) is 0 Å². The molecule has 1 saturated heterocycles. The van der Waals surface area contributed by atoms with Gasteiger partial charge < -0.3 is 19.2 Å². The number of ether oxygens (including phenoxy) is 2. The molecule has 1 aliphatic rings. The van der Waals surface area contributed by atoms with Crippen LogP contribution in [0.4, 0.5) is 0 Å². The second kappa shape index (κ2) is 6.45. The lowest BCUT2D eigenvalue weighted by Gasteiger charge is -2.20. The lowest BCUT2D eigenvalue weighted by atomic mass is 10.1. The molecular weight excluding hydrogens is 246 g/mol. The van der Waals surface area contributed by atoms with E-state index in [1.807, 2.05) is 0 Å². The number of rotatable bonds is 5. The molecule has 0 saturated carbocycles. The zero-order valence-electron chi connectivity index (χ0n) is 11.9. The van der Waals surface area contributed by atoms with Gasteiger partial charge in [0.15, 0.2) is 6.10 Å². The van der Waals surface area contributed by atoms with Crippen LogP contribution in [0.15, 0.2) is 4.42 Å². The second-order valence-corrected chi connectivity index (χ2v) is 5.75. The van der Waals surface area contributed by atoms with Crippen molar-refractivity contribution in [2.24, 2.45) is 0 Å². The van der Waals surface area contributed by atoms with Crippen molar-refractivity contribution >= 4 is 0 Å². The molecule has 0 spiro atoms. The van der Waals surface area contributed by atoms with Crippen molar-refractivity contribution in [2.75, 3.05) is 26.4 Å². The zero-order chi connectivity index (χ0) is 13.7. The number of aromatic nitrogens is 2. The van der Waals surface area contributed by atoms with E-state index in [2.05, 4.69) is 36.3 Å². The van der Waals surface area contributed by atoms with Crippen molar-refractivity contribution < 1.29 is 13.9 Å². The maximum Gasteiger partial charge on any atom is 0.247 e. The Bertz CT molecular complexity index is 381. The molecule has 6 heteroatoms. The summed E-state index contributed by atoms with van der Waals surface area (Å²) in [7, 11) is 0. The van der Waals surface area contributed by atoms with Gasteiger partial charge in [0.2, 0.25) is 11.8 Å². The quantitative estimate of drug-likeness (QED) is 0.816. The molecule has 0 radical (unpaired) electrons. The topological polar surface area (TPSA) is 69.4 Å². The largest absolute Gasteiger partial charge is 0.422 e. The van der Waals surface area contributed by atoms with Gasteiger partial charge in [-0.05, 0) is 33.7 Å². The Kier molecular flexibility index (Phi) is 4.90. The fourth-order valence-corrected chi connectivity index (χ4v) is 1.83. The number of nitrogens with one attached hydrogen (secondary N) is 1. The van der Waals surface area contributed by atoms with E-state index in [9.17, 15) is 0 Å². The first-order chi connectivity index (χ1) is 9.04. The molecule has 19 heavy (non-hydrogen) atoms. The van der Waals surface area contributed by atoms with Crippen LogP contribution in [0.25, 0.3) is 0 Å². The molecule has 2 heterocycles. The summed E-state index contributed by atoms with van der Waals surface area (Å²) in [6.07, 6.45) is 1.55. The summed E-state index contributed by atoms with van der Waals surface area (Å²) in [5.74, 6) is 1.19. The minimum absolute atomic E-state index is 0.146. The Balaban J connectivity index is 1.74. The van der Waals surface area contributed by atoms with E-state index in [1.165, 1.54) is 0 Å². The average molecular weight is 269 g/mol. The van der Waals surface area contributed by atoms with Crippen molar-refractivity contribution in [1.29, 1.82) is 0 Å². The first-order valence-electron chi connectivity index (χ1n) is 6.81. The van der Waals surface area contributed by atoms with Crippen LogP contribution in [0, 0.1) is 0 Å². The van der Waals surface area contributed by atoms with E-state index in [-0.39, 0.29) is 11.6 Å². The number of hydrogen-bond donors (Lipinski definition) is 1. The summed E-state index contributed by atoms with van der Waals surface area (Å²) in [5.41, 5.74) is 0.146. The molecule has 0 aliphatic carbocycles. The van der Waals surface area contributed by atoms with Crippen LogP contribution >= 0.6 is 0 Å². The molecule has 1 aromatic rings. The highest BCUT2D eigenvalue weighted by molar-refractivity contribution is 4.88. The first-order valence-corrected chi connectivity index (χ1v) is 6.81. The van der Waals surface area contributed by atoms with Crippen LogP contribution in [0.1, 0.15) is 45.1 Å². The Morgan fingerprint density at radius 1 is 1.26 bits per heavy atom. The molecule has 1 aliphatic heterocycles. The Morgan fingerprint density at radius 2 is 2.11 bits per heavy atom. The third-order valence-corrected chi connectivity index (χ3v) is 2.80. The molecule has 1 unspecified atom stereocenters. The van der Waals surface area contributed by atoms with Gasteiger partial charge in [0.25, 0.3) is 0 Å². The predicted octanol–water partition coefficient (Wildman–Crippen LogP) is 1.48. The highest BCUT2D eigenvalue weighted by Gasteiger charge is 2.22. The molecule has 6 nitrogen and oxygen atoms in total. The molecule has 108 valence electrons. The van der Waals surface area contributed by atoms with Gasteiger partial charge in [-0.3, -0.25) is 0 Å². The molecule has 1 fully saturated rings. The number of aryl methyl sites for hydroxylation is 1. The van der Waals surface area contributed by atoms with E-state index in [4.69, 9.17) is 13.9 Å². The summed E-state index contributed by atoms with van der Waals surface area (Å²) >= 11 is 0. The number of nitrogens with zero attached hydrogens (tertiary/aromatic N) is 2. The zero-order valence-corrected chi connectivity index (χ0v) is 11.9. The van der Waals surface area contributed by atoms with E-state index in [0.29, 0.717) is 31.6 Å². The maximum absolute atomic E-state index is 5.60. The van der Waals surface area contributed by atoms with Gasteiger partial charge in [0.05, 0.1) is 19.8 Å². The van der Waals surface area contributed by atoms with E-state index >= 15 is 0 Å².